The normalized spacial score (nSPS) is 18.4. The average molecular weight is 492 g/mol. The van der Waals surface area contributed by atoms with Crippen LogP contribution >= 0.6 is 23.2 Å². The fraction of sp³-hybridized carbons (Fsp3) is 0.520. The van der Waals surface area contributed by atoms with E-state index in [1.165, 1.54) is 0 Å². The molecule has 0 aliphatic carbocycles. The number of carboxylic acid groups (broad SMARTS) is 1. The summed E-state index contributed by atoms with van der Waals surface area (Å²) >= 11 is 12.1. The molecule has 2 fully saturated rings. The molecule has 0 unspecified atom stereocenters. The maximum Gasteiger partial charge on any atom is 0.303 e. The molecule has 33 heavy (non-hydrogen) atoms. The Morgan fingerprint density at radius 1 is 1.03 bits per heavy atom. The highest BCUT2D eigenvalue weighted by molar-refractivity contribution is 6.42. The highest BCUT2D eigenvalue weighted by Crippen LogP contribution is 2.29. The van der Waals surface area contributed by atoms with Crippen LogP contribution in [0.2, 0.25) is 10.0 Å². The van der Waals surface area contributed by atoms with Crippen molar-refractivity contribution >= 4 is 35.0 Å². The van der Waals surface area contributed by atoms with Gasteiger partial charge in [-0.1, -0.05) is 23.2 Å². The predicted octanol–water partition coefficient (Wildman–Crippen LogP) is 5.17. The van der Waals surface area contributed by atoms with E-state index < -0.39 is 5.97 Å². The Morgan fingerprint density at radius 2 is 1.79 bits per heavy atom. The van der Waals surface area contributed by atoms with Crippen molar-refractivity contribution in [1.29, 1.82) is 0 Å². The molecule has 0 atom stereocenters. The van der Waals surface area contributed by atoms with Crippen LogP contribution in [-0.4, -0.2) is 59.8 Å². The van der Waals surface area contributed by atoms with E-state index in [4.69, 9.17) is 33.0 Å². The first kappa shape index (κ1) is 24.1. The summed E-state index contributed by atoms with van der Waals surface area (Å²) in [4.78, 5) is 20.3. The quantitative estimate of drug-likeness (QED) is 0.549. The number of ether oxygens (including phenoxy) is 1. The van der Waals surface area contributed by atoms with Gasteiger partial charge in [-0.05, 0) is 67.9 Å². The van der Waals surface area contributed by atoms with Gasteiger partial charge in [0, 0.05) is 51.4 Å². The number of aromatic nitrogens is 1. The second kappa shape index (κ2) is 11.4. The molecule has 1 aromatic heterocycles. The van der Waals surface area contributed by atoms with E-state index in [0.717, 1.165) is 75.5 Å². The van der Waals surface area contributed by atoms with Crippen LogP contribution in [0.1, 0.15) is 37.7 Å². The number of pyridine rings is 1. The highest BCUT2D eigenvalue weighted by atomic mass is 35.5. The lowest BCUT2D eigenvalue weighted by molar-refractivity contribution is -0.136. The summed E-state index contributed by atoms with van der Waals surface area (Å²) in [6.45, 7) is 5.24. The number of carbonyl (C=O) groups is 1. The van der Waals surface area contributed by atoms with Crippen LogP contribution in [0.15, 0.2) is 36.5 Å². The van der Waals surface area contributed by atoms with E-state index in [-0.39, 0.29) is 12.5 Å². The Kier molecular flexibility index (Phi) is 8.34. The molecule has 2 aliphatic rings. The summed E-state index contributed by atoms with van der Waals surface area (Å²) in [5, 5.41) is 9.99. The Labute approximate surface area is 205 Å². The van der Waals surface area contributed by atoms with Crippen molar-refractivity contribution in [2.75, 3.05) is 37.6 Å². The minimum atomic E-state index is -0.765. The van der Waals surface area contributed by atoms with Crippen molar-refractivity contribution < 1.29 is 14.6 Å². The Hall–Kier alpha value is -2.02. The second-order valence-corrected chi connectivity index (χ2v) is 9.85. The van der Waals surface area contributed by atoms with Crippen LogP contribution in [0.4, 0.5) is 5.82 Å². The van der Waals surface area contributed by atoms with Gasteiger partial charge in [0.15, 0.2) is 0 Å². The first-order chi connectivity index (χ1) is 16.0. The number of hydrogen-bond donors (Lipinski definition) is 1. The number of anilines is 1. The molecular weight excluding hydrogens is 461 g/mol. The van der Waals surface area contributed by atoms with Gasteiger partial charge in [0.05, 0.1) is 10.0 Å². The lowest BCUT2D eigenvalue weighted by atomic mass is 9.95. The fourth-order valence-electron chi connectivity index (χ4n) is 4.70. The third kappa shape index (κ3) is 6.98. The average Bonchev–Trinajstić information content (AvgIpc) is 2.82. The number of carboxylic acids is 1. The summed E-state index contributed by atoms with van der Waals surface area (Å²) < 4.78 is 6.12. The van der Waals surface area contributed by atoms with Gasteiger partial charge >= 0.3 is 5.97 Å². The zero-order chi connectivity index (χ0) is 23.2. The maximum absolute atomic E-state index is 10.8. The number of aryl methyl sites for hydroxylation is 1. The maximum atomic E-state index is 10.8. The van der Waals surface area contributed by atoms with Gasteiger partial charge in [-0.2, -0.15) is 0 Å². The summed E-state index contributed by atoms with van der Waals surface area (Å²) in [6, 6.07) is 9.41. The van der Waals surface area contributed by atoms with Gasteiger partial charge in [-0.3, -0.25) is 4.79 Å². The minimum absolute atomic E-state index is 0.153. The van der Waals surface area contributed by atoms with Crippen molar-refractivity contribution in [2.45, 2.75) is 44.6 Å². The molecule has 0 amide bonds. The topological polar surface area (TPSA) is 65.9 Å². The van der Waals surface area contributed by atoms with Crippen LogP contribution in [0.5, 0.6) is 5.75 Å². The third-order valence-electron chi connectivity index (χ3n) is 6.62. The standard InChI is InChI=1S/C25H31Cl2N3O3/c26-22-3-2-21(16-23(22)27)33-20-8-11-29(12-9-20)17-19-6-13-30(14-7-19)24-15-18(5-10-28-24)1-4-25(31)32/h2-3,5,10,15-16,19-20H,1,4,6-9,11-14,17H2,(H,31,32). The van der Waals surface area contributed by atoms with E-state index >= 15 is 0 Å². The monoisotopic (exact) mass is 491 g/mol. The van der Waals surface area contributed by atoms with E-state index in [1.54, 1.807) is 18.3 Å². The number of aliphatic carboxylic acids is 1. The van der Waals surface area contributed by atoms with Crippen molar-refractivity contribution in [2.24, 2.45) is 5.92 Å². The van der Waals surface area contributed by atoms with Gasteiger partial charge in [-0.15, -0.1) is 0 Å². The SMILES string of the molecule is O=C(O)CCc1ccnc(N2CCC(CN3CCC(Oc4ccc(Cl)c(Cl)c4)CC3)CC2)c1. The van der Waals surface area contributed by atoms with Crippen molar-refractivity contribution in [1.82, 2.24) is 9.88 Å². The molecule has 0 spiro atoms. The second-order valence-electron chi connectivity index (χ2n) is 9.04. The van der Waals surface area contributed by atoms with Crippen molar-refractivity contribution in [3.8, 4) is 5.75 Å². The number of rotatable bonds is 8. The predicted molar refractivity (Wildman–Crippen MR) is 132 cm³/mol. The number of benzene rings is 1. The molecule has 2 aromatic rings. The van der Waals surface area contributed by atoms with Crippen LogP contribution in [-0.2, 0) is 11.2 Å². The first-order valence-corrected chi connectivity index (χ1v) is 12.5. The first-order valence-electron chi connectivity index (χ1n) is 11.7. The number of halogens is 2. The lowest BCUT2D eigenvalue weighted by Crippen LogP contribution is -2.43. The van der Waals surface area contributed by atoms with E-state index in [1.807, 2.05) is 18.2 Å². The summed E-state index contributed by atoms with van der Waals surface area (Å²) in [7, 11) is 0. The lowest BCUT2D eigenvalue weighted by Gasteiger charge is -2.38. The molecular formula is C25H31Cl2N3O3. The van der Waals surface area contributed by atoms with Gasteiger partial charge < -0.3 is 19.6 Å². The zero-order valence-electron chi connectivity index (χ0n) is 18.8. The van der Waals surface area contributed by atoms with Gasteiger partial charge in [-0.25, -0.2) is 4.98 Å². The number of hydrogen-bond acceptors (Lipinski definition) is 5. The van der Waals surface area contributed by atoms with Crippen molar-refractivity contribution in [3.05, 3.63) is 52.1 Å². The van der Waals surface area contributed by atoms with E-state index in [9.17, 15) is 4.79 Å². The van der Waals surface area contributed by atoms with Gasteiger partial charge in [0.2, 0.25) is 0 Å². The van der Waals surface area contributed by atoms with Gasteiger partial charge in [0.25, 0.3) is 0 Å². The molecule has 1 aromatic carbocycles. The molecule has 2 aliphatic heterocycles. The molecule has 0 bridgehead atoms. The fourth-order valence-corrected chi connectivity index (χ4v) is 4.99. The number of piperidine rings is 2. The minimum Gasteiger partial charge on any atom is -0.490 e. The highest BCUT2D eigenvalue weighted by Gasteiger charge is 2.26. The van der Waals surface area contributed by atoms with E-state index in [0.29, 0.717) is 22.4 Å². The Morgan fingerprint density at radius 3 is 2.48 bits per heavy atom. The molecule has 0 saturated carbocycles. The van der Waals surface area contributed by atoms with Crippen LogP contribution in [0, 0.1) is 5.92 Å². The number of likely N-dealkylation sites (tertiary alicyclic amines) is 1. The number of nitrogens with zero attached hydrogens (tertiary/aromatic N) is 3. The van der Waals surface area contributed by atoms with Gasteiger partial charge in [0.1, 0.15) is 17.7 Å². The molecule has 0 radical (unpaired) electrons. The van der Waals surface area contributed by atoms with E-state index in [2.05, 4.69) is 14.8 Å². The molecule has 4 rings (SSSR count). The molecule has 2 saturated heterocycles. The Balaban J connectivity index is 1.19. The summed E-state index contributed by atoms with van der Waals surface area (Å²) in [5.41, 5.74) is 1.04. The largest absolute Gasteiger partial charge is 0.490 e. The zero-order valence-corrected chi connectivity index (χ0v) is 20.3. The summed E-state index contributed by atoms with van der Waals surface area (Å²) in [6.07, 6.45) is 7.06. The molecule has 3 heterocycles. The molecule has 178 valence electrons. The Bertz CT molecular complexity index is 942. The molecule has 8 heteroatoms. The van der Waals surface area contributed by atoms with Crippen LogP contribution in [0.25, 0.3) is 0 Å². The van der Waals surface area contributed by atoms with Crippen LogP contribution in [0.3, 0.4) is 0 Å². The summed E-state index contributed by atoms with van der Waals surface area (Å²) in [5.74, 6) is 1.69. The smallest absolute Gasteiger partial charge is 0.303 e. The molecule has 1 N–H and O–H groups in total. The molecule has 6 nitrogen and oxygen atoms in total. The third-order valence-corrected chi connectivity index (χ3v) is 7.36. The van der Waals surface area contributed by atoms with Crippen LogP contribution < -0.4 is 9.64 Å². The van der Waals surface area contributed by atoms with Crippen molar-refractivity contribution in [3.63, 3.8) is 0 Å².